The van der Waals surface area contributed by atoms with Crippen molar-refractivity contribution in [2.75, 3.05) is 19.6 Å². The van der Waals surface area contributed by atoms with Crippen molar-refractivity contribution in [3.05, 3.63) is 35.0 Å². The number of aryl methyl sites for hydroxylation is 1. The number of carboxylic acids is 1. The zero-order valence-electron chi connectivity index (χ0n) is 16.0. The minimum absolute atomic E-state index is 0.0418. The molecule has 3 aliphatic rings. The first-order chi connectivity index (χ1) is 14.0. The maximum Gasteiger partial charge on any atom is 0.357 e. The Hall–Kier alpha value is -2.78. The van der Waals surface area contributed by atoms with Crippen molar-refractivity contribution < 1.29 is 19.4 Å². The Labute approximate surface area is 171 Å². The summed E-state index contributed by atoms with van der Waals surface area (Å²) in [4.78, 5) is 28.9. The maximum atomic E-state index is 11.0. The fourth-order valence-corrected chi connectivity index (χ4v) is 4.70. The number of thiazole rings is 1. The summed E-state index contributed by atoms with van der Waals surface area (Å²) in [7, 11) is 0. The van der Waals surface area contributed by atoms with Gasteiger partial charge in [0.25, 0.3) is 6.47 Å². The normalized spacial score (nSPS) is 22.7. The highest BCUT2D eigenvalue weighted by atomic mass is 32.1. The number of benzene rings is 1. The number of nitrogens with zero attached hydrogens (tertiary/aromatic N) is 3. The Bertz CT molecular complexity index is 1020. The lowest BCUT2D eigenvalue weighted by molar-refractivity contribution is -0.143. The lowest BCUT2D eigenvalue weighted by Crippen LogP contribution is -2.51. The molecule has 3 aliphatic heterocycles. The van der Waals surface area contributed by atoms with Crippen LogP contribution in [0.5, 0.6) is 0 Å². The molecule has 3 fully saturated rings. The van der Waals surface area contributed by atoms with Crippen LogP contribution in [0.4, 0.5) is 0 Å². The van der Waals surface area contributed by atoms with Crippen molar-refractivity contribution in [1.82, 2.24) is 20.1 Å². The smallest absolute Gasteiger partial charge is 0.357 e. The van der Waals surface area contributed by atoms with Gasteiger partial charge in [0.05, 0.1) is 5.52 Å². The van der Waals surface area contributed by atoms with Crippen LogP contribution >= 0.6 is 11.3 Å². The number of carboxylic acid groups (broad SMARTS) is 1. The number of nitrogens with one attached hydrogen (secondary N) is 1. The van der Waals surface area contributed by atoms with Crippen LogP contribution in [0.3, 0.4) is 0 Å². The number of hydrogen-bond donors (Lipinski definition) is 2. The standard InChI is InChI=1S/C12H9N3O2S.C8H13NO2/c1-6-5-13-11(18-6)7-2-3-9-8(4-7)10(12(16)17)15-14-9;10-6-11-8-5-9-3-1-7(8)2-4-9/h2-5H,1H3,(H,14,15)(H,16,17);6-8H,1-5H2/t;8-/m.1/s1. The molecule has 3 aromatic rings. The van der Waals surface area contributed by atoms with Gasteiger partial charge in [-0.2, -0.15) is 5.10 Å². The van der Waals surface area contributed by atoms with Crippen LogP contribution in [0.15, 0.2) is 24.4 Å². The van der Waals surface area contributed by atoms with E-state index in [1.54, 1.807) is 23.6 Å². The largest absolute Gasteiger partial charge is 0.476 e. The molecule has 1 atom stereocenters. The van der Waals surface area contributed by atoms with E-state index < -0.39 is 5.97 Å². The lowest BCUT2D eigenvalue weighted by atomic mass is 9.86. The maximum absolute atomic E-state index is 11.0. The van der Waals surface area contributed by atoms with E-state index in [4.69, 9.17) is 9.84 Å². The van der Waals surface area contributed by atoms with Crippen molar-refractivity contribution in [3.63, 3.8) is 0 Å². The van der Waals surface area contributed by atoms with E-state index in [2.05, 4.69) is 20.1 Å². The molecular formula is C20H22N4O4S. The fourth-order valence-electron chi connectivity index (χ4n) is 3.93. The van der Waals surface area contributed by atoms with Crippen LogP contribution in [0.1, 0.15) is 28.2 Å². The van der Waals surface area contributed by atoms with E-state index in [9.17, 15) is 9.59 Å². The van der Waals surface area contributed by atoms with Gasteiger partial charge in [-0.1, -0.05) is 0 Å². The molecule has 152 valence electrons. The van der Waals surface area contributed by atoms with Crippen LogP contribution < -0.4 is 0 Å². The van der Waals surface area contributed by atoms with Gasteiger partial charge in [0, 0.05) is 28.6 Å². The first kappa shape index (κ1) is 19.5. The molecule has 8 nitrogen and oxygen atoms in total. The number of aromatic amines is 1. The Balaban J connectivity index is 0.000000159. The average molecular weight is 414 g/mol. The molecule has 9 heteroatoms. The number of fused-ring (bicyclic) bond motifs is 4. The van der Waals surface area contributed by atoms with Gasteiger partial charge in [-0.3, -0.25) is 14.8 Å². The molecule has 0 spiro atoms. The summed E-state index contributed by atoms with van der Waals surface area (Å²) in [6, 6.07) is 5.53. The molecule has 2 aromatic heterocycles. The second kappa shape index (κ2) is 8.30. The van der Waals surface area contributed by atoms with Crippen molar-refractivity contribution in [2.24, 2.45) is 5.92 Å². The number of carbonyl (C=O) groups excluding carboxylic acids is 1. The van der Waals surface area contributed by atoms with Gasteiger partial charge in [-0.25, -0.2) is 9.78 Å². The molecule has 3 saturated heterocycles. The van der Waals surface area contributed by atoms with Crippen molar-refractivity contribution in [1.29, 1.82) is 0 Å². The number of H-pyrrole nitrogens is 1. The summed E-state index contributed by atoms with van der Waals surface area (Å²) in [5.41, 5.74) is 1.66. The molecule has 6 rings (SSSR count). The predicted molar refractivity (Wildman–Crippen MR) is 109 cm³/mol. The van der Waals surface area contributed by atoms with E-state index in [1.807, 2.05) is 19.1 Å². The second-order valence-electron chi connectivity index (χ2n) is 7.32. The van der Waals surface area contributed by atoms with Gasteiger partial charge >= 0.3 is 5.97 Å². The monoisotopic (exact) mass is 414 g/mol. The molecular weight excluding hydrogens is 392 g/mol. The van der Waals surface area contributed by atoms with E-state index in [0.29, 0.717) is 23.3 Å². The summed E-state index contributed by atoms with van der Waals surface area (Å²) in [5, 5.41) is 17.0. The Morgan fingerprint density at radius 2 is 2.17 bits per heavy atom. The second-order valence-corrected chi connectivity index (χ2v) is 8.56. The number of ether oxygens (including phenoxy) is 1. The third-order valence-electron chi connectivity index (χ3n) is 5.46. The molecule has 0 saturated carbocycles. The number of hydrogen-bond acceptors (Lipinski definition) is 7. The van der Waals surface area contributed by atoms with Gasteiger partial charge < -0.3 is 9.84 Å². The molecule has 29 heavy (non-hydrogen) atoms. The number of rotatable bonds is 4. The van der Waals surface area contributed by atoms with E-state index in [1.165, 1.54) is 25.9 Å². The Kier molecular flexibility index (Phi) is 5.59. The van der Waals surface area contributed by atoms with Gasteiger partial charge in [0.15, 0.2) is 5.69 Å². The summed E-state index contributed by atoms with van der Waals surface area (Å²) >= 11 is 1.58. The summed E-state index contributed by atoms with van der Waals surface area (Å²) in [6.07, 6.45) is 4.41. The Morgan fingerprint density at radius 3 is 2.76 bits per heavy atom. The summed E-state index contributed by atoms with van der Waals surface area (Å²) < 4.78 is 4.99. The molecule has 0 unspecified atom stereocenters. The number of aromatic carboxylic acids is 1. The van der Waals surface area contributed by atoms with Crippen LogP contribution in [-0.4, -0.2) is 63.4 Å². The number of carbonyl (C=O) groups is 2. The third kappa shape index (κ3) is 4.15. The van der Waals surface area contributed by atoms with Gasteiger partial charge in [0.1, 0.15) is 11.1 Å². The SMILES string of the molecule is Cc1cnc(-c2ccc3[nH]nc(C(=O)O)c3c2)s1.O=CO[C@@H]1CN2CCC1CC2. The molecule has 0 amide bonds. The minimum Gasteiger partial charge on any atom is -0.476 e. The molecule has 1 aromatic carbocycles. The fraction of sp³-hybridized carbons (Fsp3) is 0.400. The van der Waals surface area contributed by atoms with E-state index in [0.717, 1.165) is 22.0 Å². The van der Waals surface area contributed by atoms with Gasteiger partial charge in [-0.15, -0.1) is 11.3 Å². The molecule has 5 heterocycles. The topological polar surface area (TPSA) is 108 Å². The van der Waals surface area contributed by atoms with Crippen molar-refractivity contribution in [2.45, 2.75) is 25.9 Å². The molecule has 2 bridgehead atoms. The third-order valence-corrected chi connectivity index (χ3v) is 6.42. The van der Waals surface area contributed by atoms with Crippen LogP contribution in [0, 0.1) is 12.8 Å². The Morgan fingerprint density at radius 1 is 1.38 bits per heavy atom. The summed E-state index contributed by atoms with van der Waals surface area (Å²) in [6.45, 7) is 5.93. The van der Waals surface area contributed by atoms with Crippen molar-refractivity contribution >= 4 is 34.7 Å². The van der Waals surface area contributed by atoms with E-state index in [-0.39, 0.29) is 11.8 Å². The average Bonchev–Trinajstić information content (AvgIpc) is 3.35. The highest BCUT2D eigenvalue weighted by Gasteiger charge is 2.35. The quantitative estimate of drug-likeness (QED) is 0.632. The van der Waals surface area contributed by atoms with Gasteiger partial charge in [-0.05, 0) is 57.0 Å². The first-order valence-corrected chi connectivity index (χ1v) is 10.3. The first-order valence-electron chi connectivity index (χ1n) is 9.51. The van der Waals surface area contributed by atoms with E-state index >= 15 is 0 Å². The zero-order chi connectivity index (χ0) is 20.4. The number of piperidine rings is 3. The predicted octanol–water partition coefficient (Wildman–Crippen LogP) is 2.95. The summed E-state index contributed by atoms with van der Waals surface area (Å²) in [5.74, 6) is -0.390. The van der Waals surface area contributed by atoms with Gasteiger partial charge in [0.2, 0.25) is 0 Å². The zero-order valence-corrected chi connectivity index (χ0v) is 16.8. The van der Waals surface area contributed by atoms with Crippen LogP contribution in [-0.2, 0) is 9.53 Å². The molecule has 0 aliphatic carbocycles. The lowest BCUT2D eigenvalue weighted by Gasteiger charge is -2.43. The highest BCUT2D eigenvalue weighted by Crippen LogP contribution is 2.29. The highest BCUT2D eigenvalue weighted by molar-refractivity contribution is 7.14. The minimum atomic E-state index is -1.03. The van der Waals surface area contributed by atoms with Crippen molar-refractivity contribution in [3.8, 4) is 10.6 Å². The number of aromatic nitrogens is 3. The molecule has 0 radical (unpaired) electrons. The van der Waals surface area contributed by atoms with Crippen LogP contribution in [0.25, 0.3) is 21.5 Å². The molecule has 2 N–H and O–H groups in total. The van der Waals surface area contributed by atoms with Crippen LogP contribution in [0.2, 0.25) is 0 Å².